The van der Waals surface area contributed by atoms with Crippen molar-refractivity contribution in [1.82, 2.24) is 15.1 Å². The third-order valence-electron chi connectivity index (χ3n) is 7.61. The largest absolute Gasteiger partial charge is 0.388 e. The maximum absolute atomic E-state index is 13.0. The van der Waals surface area contributed by atoms with Crippen LogP contribution in [0.15, 0.2) is 48.5 Å². The van der Waals surface area contributed by atoms with Gasteiger partial charge in [-0.3, -0.25) is 19.3 Å². The van der Waals surface area contributed by atoms with Gasteiger partial charge in [-0.2, -0.15) is 0 Å². The van der Waals surface area contributed by atoms with E-state index >= 15 is 0 Å². The van der Waals surface area contributed by atoms with Crippen LogP contribution in [0.3, 0.4) is 0 Å². The molecule has 0 aromatic heterocycles. The molecule has 2 N–H and O–H groups in total. The number of hydrogen-bond donors (Lipinski definition) is 2. The van der Waals surface area contributed by atoms with Gasteiger partial charge in [0, 0.05) is 63.3 Å². The van der Waals surface area contributed by atoms with Crippen molar-refractivity contribution in [1.29, 1.82) is 0 Å². The Morgan fingerprint density at radius 1 is 1.00 bits per heavy atom. The predicted octanol–water partition coefficient (Wildman–Crippen LogP) is 1.56. The summed E-state index contributed by atoms with van der Waals surface area (Å²) < 4.78 is 11.6. The number of amides is 2. The topological polar surface area (TPSA) is 108 Å². The number of aliphatic hydroxyl groups excluding tert-OH is 1. The van der Waals surface area contributed by atoms with E-state index < -0.39 is 29.7 Å². The summed E-state index contributed by atoms with van der Waals surface area (Å²) in [5, 5.41) is 11.7. The Hall–Kier alpha value is -3.55. The van der Waals surface area contributed by atoms with Gasteiger partial charge in [-0.05, 0) is 48.9 Å². The number of Topliss-reactive ketones (excluding diaryl/α,β-unsaturated/α-hetero) is 1. The van der Waals surface area contributed by atoms with Crippen molar-refractivity contribution in [3.8, 4) is 11.8 Å². The smallest absolute Gasteiger partial charge is 0.254 e. The standard InChI is InChI=1S/C30H35N3O6/c1-29(26(35)21-34,28(37)31-2)32(3)27(36)25-12-10-23(11-13-25)5-4-22-6-8-24(9-7-22)20-33-16-14-30(15-17-33)38-18-19-39-30/h6-13,34H,14-21H2,1-3H3,(H,31,37)/t29-/m1/s1. The van der Waals surface area contributed by atoms with E-state index in [0.717, 1.165) is 48.5 Å². The van der Waals surface area contributed by atoms with Crippen LogP contribution >= 0.6 is 0 Å². The van der Waals surface area contributed by atoms with Crippen LogP contribution < -0.4 is 5.32 Å². The average Bonchev–Trinajstić information content (AvgIpc) is 3.44. The number of carbonyl (C=O) groups excluding carboxylic acids is 3. The lowest BCUT2D eigenvalue weighted by Crippen LogP contribution is -2.62. The van der Waals surface area contributed by atoms with Gasteiger partial charge in [0.15, 0.2) is 17.1 Å². The zero-order valence-corrected chi connectivity index (χ0v) is 22.7. The van der Waals surface area contributed by atoms with Gasteiger partial charge in [0.05, 0.1) is 13.2 Å². The molecule has 0 bridgehead atoms. The van der Waals surface area contributed by atoms with E-state index in [9.17, 15) is 19.5 Å². The number of nitrogens with zero attached hydrogens (tertiary/aromatic N) is 2. The fourth-order valence-corrected chi connectivity index (χ4v) is 4.89. The van der Waals surface area contributed by atoms with Gasteiger partial charge in [0.2, 0.25) is 0 Å². The number of aliphatic hydroxyl groups is 1. The molecular weight excluding hydrogens is 498 g/mol. The molecule has 0 radical (unpaired) electrons. The molecule has 2 aliphatic heterocycles. The summed E-state index contributed by atoms with van der Waals surface area (Å²) in [6.07, 6.45) is 1.79. The monoisotopic (exact) mass is 533 g/mol. The van der Waals surface area contributed by atoms with Crippen LogP contribution in [0.4, 0.5) is 0 Å². The first-order valence-electron chi connectivity index (χ1n) is 13.1. The summed E-state index contributed by atoms with van der Waals surface area (Å²) in [5.74, 6) is 3.92. The van der Waals surface area contributed by atoms with Crippen molar-refractivity contribution in [3.63, 3.8) is 0 Å². The minimum atomic E-state index is -1.83. The average molecular weight is 534 g/mol. The van der Waals surface area contributed by atoms with E-state index in [-0.39, 0.29) is 5.79 Å². The predicted molar refractivity (Wildman–Crippen MR) is 145 cm³/mol. The second-order valence-corrected chi connectivity index (χ2v) is 10.0. The minimum Gasteiger partial charge on any atom is -0.388 e. The lowest BCUT2D eigenvalue weighted by molar-refractivity contribution is -0.185. The van der Waals surface area contributed by atoms with E-state index in [1.807, 2.05) is 12.1 Å². The van der Waals surface area contributed by atoms with Crippen LogP contribution in [0.25, 0.3) is 0 Å². The molecular formula is C30H35N3O6. The molecule has 206 valence electrons. The Morgan fingerprint density at radius 2 is 1.54 bits per heavy atom. The van der Waals surface area contributed by atoms with Crippen LogP contribution in [-0.4, -0.2) is 90.8 Å². The van der Waals surface area contributed by atoms with Crippen molar-refractivity contribution in [2.75, 3.05) is 47.0 Å². The third-order valence-corrected chi connectivity index (χ3v) is 7.61. The number of piperidine rings is 1. The maximum Gasteiger partial charge on any atom is 0.254 e. The minimum absolute atomic E-state index is 0.294. The van der Waals surface area contributed by atoms with Crippen molar-refractivity contribution in [2.24, 2.45) is 0 Å². The summed E-state index contributed by atoms with van der Waals surface area (Å²) >= 11 is 0. The zero-order valence-electron chi connectivity index (χ0n) is 22.7. The lowest BCUT2D eigenvalue weighted by atomic mass is 9.92. The van der Waals surface area contributed by atoms with E-state index in [2.05, 4.69) is 34.2 Å². The van der Waals surface area contributed by atoms with Crippen molar-refractivity contribution in [2.45, 2.75) is 37.6 Å². The SMILES string of the molecule is CNC(=O)[C@@](C)(C(=O)CO)N(C)C(=O)c1ccc(C#Cc2ccc(CN3CCC4(CC3)OCCO4)cc2)cc1. The number of ketones is 1. The highest BCUT2D eigenvalue weighted by atomic mass is 16.7. The molecule has 9 nitrogen and oxygen atoms in total. The molecule has 39 heavy (non-hydrogen) atoms. The number of ether oxygens (including phenoxy) is 2. The summed E-state index contributed by atoms with van der Waals surface area (Å²) in [4.78, 5) is 41.2. The van der Waals surface area contributed by atoms with E-state index in [1.165, 1.54) is 26.6 Å². The number of likely N-dealkylation sites (N-methyl/N-ethyl adjacent to an activating group) is 2. The lowest BCUT2D eigenvalue weighted by Gasteiger charge is -2.37. The van der Waals surface area contributed by atoms with Crippen molar-refractivity contribution < 1.29 is 29.0 Å². The number of carbonyl (C=O) groups is 3. The quantitative estimate of drug-likeness (QED) is 0.411. The van der Waals surface area contributed by atoms with Crippen LogP contribution in [-0.2, 0) is 25.6 Å². The van der Waals surface area contributed by atoms with E-state index in [4.69, 9.17) is 9.47 Å². The van der Waals surface area contributed by atoms with Crippen LogP contribution in [0, 0.1) is 11.8 Å². The van der Waals surface area contributed by atoms with Gasteiger partial charge < -0.3 is 24.8 Å². The first-order chi connectivity index (χ1) is 18.7. The molecule has 2 amide bonds. The van der Waals surface area contributed by atoms with Crippen molar-refractivity contribution >= 4 is 17.6 Å². The highest BCUT2D eigenvalue weighted by Crippen LogP contribution is 2.31. The molecule has 0 aliphatic carbocycles. The third kappa shape index (κ3) is 6.21. The second kappa shape index (κ2) is 12.1. The molecule has 2 aromatic carbocycles. The highest BCUT2D eigenvalue weighted by molar-refractivity contribution is 6.14. The van der Waals surface area contributed by atoms with Gasteiger partial charge in [-0.1, -0.05) is 24.0 Å². The highest BCUT2D eigenvalue weighted by Gasteiger charge is 2.46. The van der Waals surface area contributed by atoms with Crippen LogP contribution in [0.1, 0.15) is 46.8 Å². The number of nitrogens with one attached hydrogen (secondary N) is 1. The van der Waals surface area contributed by atoms with E-state index in [0.29, 0.717) is 18.8 Å². The molecule has 0 unspecified atom stereocenters. The molecule has 9 heteroatoms. The van der Waals surface area contributed by atoms with Crippen LogP contribution in [0.2, 0.25) is 0 Å². The molecule has 2 heterocycles. The summed E-state index contributed by atoms with van der Waals surface area (Å²) in [5.41, 5.74) is 1.29. The Bertz CT molecular complexity index is 1230. The number of hydrogen-bond acceptors (Lipinski definition) is 7. The number of benzene rings is 2. The fraction of sp³-hybridized carbons (Fsp3) is 0.433. The molecule has 2 aromatic rings. The Kier molecular flexibility index (Phi) is 8.83. The summed E-state index contributed by atoms with van der Waals surface area (Å²) in [6.45, 7) is 4.59. The maximum atomic E-state index is 13.0. The van der Waals surface area contributed by atoms with Gasteiger partial charge in [0.1, 0.15) is 6.61 Å². The molecule has 1 atom stereocenters. The van der Waals surface area contributed by atoms with Gasteiger partial charge in [-0.15, -0.1) is 0 Å². The molecule has 2 fully saturated rings. The van der Waals surface area contributed by atoms with Gasteiger partial charge >= 0.3 is 0 Å². The first-order valence-corrected chi connectivity index (χ1v) is 13.1. The molecule has 2 aliphatic rings. The molecule has 4 rings (SSSR count). The zero-order chi connectivity index (χ0) is 28.0. The normalized spacial score (nSPS) is 18.1. The van der Waals surface area contributed by atoms with Crippen LogP contribution in [0.5, 0.6) is 0 Å². The number of rotatable bonds is 7. The Morgan fingerprint density at radius 3 is 2.05 bits per heavy atom. The summed E-state index contributed by atoms with van der Waals surface area (Å²) in [6, 6.07) is 14.8. The van der Waals surface area contributed by atoms with Crippen molar-refractivity contribution in [3.05, 3.63) is 70.8 Å². The second-order valence-electron chi connectivity index (χ2n) is 10.0. The Labute approximate surface area is 229 Å². The molecule has 1 spiro atoms. The molecule has 2 saturated heterocycles. The molecule has 0 saturated carbocycles. The van der Waals surface area contributed by atoms with Gasteiger partial charge in [0.25, 0.3) is 11.8 Å². The summed E-state index contributed by atoms with van der Waals surface area (Å²) in [7, 11) is 2.73. The van der Waals surface area contributed by atoms with Gasteiger partial charge in [-0.25, -0.2) is 0 Å². The first kappa shape index (κ1) is 28.5. The number of likely N-dealkylation sites (tertiary alicyclic amines) is 1. The Balaban J connectivity index is 1.35. The fourth-order valence-electron chi connectivity index (χ4n) is 4.89. The van der Waals surface area contributed by atoms with E-state index in [1.54, 1.807) is 24.3 Å².